The van der Waals surface area contributed by atoms with Crippen LogP contribution in [0.5, 0.6) is 11.5 Å². The minimum absolute atomic E-state index is 0.0811. The molecule has 2 heterocycles. The molecule has 0 saturated carbocycles. The van der Waals surface area contributed by atoms with Crippen LogP contribution in [0.1, 0.15) is 11.7 Å². The summed E-state index contributed by atoms with van der Waals surface area (Å²) in [6.45, 7) is 2.78. The third-order valence-corrected chi connectivity index (χ3v) is 3.60. The number of ether oxygens (including phenoxy) is 3. The fourth-order valence-corrected chi connectivity index (χ4v) is 2.66. The molecule has 2 aliphatic heterocycles. The van der Waals surface area contributed by atoms with Gasteiger partial charge in [0.2, 0.25) is 6.79 Å². The Balaban J connectivity index is 1.95. The fourth-order valence-electron chi connectivity index (χ4n) is 1.97. The number of nitrogens with one attached hydrogen (secondary N) is 1. The van der Waals surface area contributed by atoms with Crippen molar-refractivity contribution in [2.24, 2.45) is 0 Å². The maximum absolute atomic E-state index is 5.72. The molecular formula is C11H12BrNO3. The van der Waals surface area contributed by atoms with E-state index in [1.165, 1.54) is 0 Å². The highest BCUT2D eigenvalue weighted by Crippen LogP contribution is 2.43. The maximum Gasteiger partial charge on any atom is 0.231 e. The molecule has 0 bridgehead atoms. The van der Waals surface area contributed by atoms with Gasteiger partial charge in [-0.2, -0.15) is 0 Å². The van der Waals surface area contributed by atoms with Gasteiger partial charge in [-0.25, -0.2) is 0 Å². The fraction of sp³-hybridized carbons (Fsp3) is 0.455. The van der Waals surface area contributed by atoms with Gasteiger partial charge in [0.05, 0.1) is 17.2 Å². The van der Waals surface area contributed by atoms with Gasteiger partial charge >= 0.3 is 0 Å². The second-order valence-corrected chi connectivity index (χ2v) is 4.56. The quantitative estimate of drug-likeness (QED) is 0.855. The number of hydrogen-bond donors (Lipinski definition) is 1. The predicted molar refractivity (Wildman–Crippen MR) is 61.8 cm³/mol. The van der Waals surface area contributed by atoms with Crippen molar-refractivity contribution in [3.05, 3.63) is 22.2 Å². The summed E-state index contributed by atoms with van der Waals surface area (Å²) in [4.78, 5) is 0. The summed E-state index contributed by atoms with van der Waals surface area (Å²) in [7, 11) is 0. The monoisotopic (exact) mass is 285 g/mol. The Morgan fingerprint density at radius 3 is 3.06 bits per heavy atom. The molecule has 1 saturated heterocycles. The van der Waals surface area contributed by atoms with Gasteiger partial charge in [-0.1, -0.05) is 6.07 Å². The summed E-state index contributed by atoms with van der Waals surface area (Å²) in [5, 5.41) is 3.31. The average molecular weight is 286 g/mol. The predicted octanol–water partition coefficient (Wildman–Crippen LogP) is 1.84. The van der Waals surface area contributed by atoms with E-state index in [2.05, 4.69) is 21.2 Å². The Morgan fingerprint density at radius 1 is 1.31 bits per heavy atom. The molecule has 86 valence electrons. The lowest BCUT2D eigenvalue weighted by atomic mass is 10.1. The zero-order valence-corrected chi connectivity index (χ0v) is 10.2. The third-order valence-electron chi connectivity index (χ3n) is 2.78. The molecule has 1 unspecified atom stereocenters. The Labute approximate surface area is 102 Å². The van der Waals surface area contributed by atoms with E-state index >= 15 is 0 Å². The number of hydrogen-bond acceptors (Lipinski definition) is 4. The number of fused-ring (bicyclic) bond motifs is 1. The van der Waals surface area contributed by atoms with Crippen molar-refractivity contribution in [1.82, 2.24) is 5.32 Å². The summed E-state index contributed by atoms with van der Waals surface area (Å²) in [5.74, 6) is 1.58. The number of morpholine rings is 1. The topological polar surface area (TPSA) is 39.7 Å². The third kappa shape index (κ3) is 1.69. The van der Waals surface area contributed by atoms with Crippen LogP contribution < -0.4 is 14.8 Å². The summed E-state index contributed by atoms with van der Waals surface area (Å²) in [5.41, 5.74) is 1.11. The number of halogens is 1. The smallest absolute Gasteiger partial charge is 0.231 e. The summed E-state index contributed by atoms with van der Waals surface area (Å²) < 4.78 is 17.4. The van der Waals surface area contributed by atoms with Crippen LogP contribution in [-0.2, 0) is 4.74 Å². The standard InChI is InChI=1S/C11H12BrNO3/c12-10-7(9-5-13-3-4-14-9)1-2-8-11(10)16-6-15-8/h1-2,9,13H,3-6H2. The first-order valence-electron chi connectivity index (χ1n) is 5.26. The van der Waals surface area contributed by atoms with Crippen LogP contribution in [0.25, 0.3) is 0 Å². The molecule has 3 rings (SSSR count). The largest absolute Gasteiger partial charge is 0.454 e. The van der Waals surface area contributed by atoms with Gasteiger partial charge in [-0.15, -0.1) is 0 Å². The van der Waals surface area contributed by atoms with Crippen LogP contribution in [0.4, 0.5) is 0 Å². The van der Waals surface area contributed by atoms with Gasteiger partial charge in [0.15, 0.2) is 11.5 Å². The second-order valence-electron chi connectivity index (χ2n) is 3.77. The lowest BCUT2D eigenvalue weighted by Crippen LogP contribution is -2.33. The SMILES string of the molecule is Brc1c(C2CNCCO2)ccc2c1OCO2. The first kappa shape index (κ1) is 10.4. The Kier molecular flexibility index (Phi) is 2.75. The molecule has 5 heteroatoms. The van der Waals surface area contributed by atoms with Crippen molar-refractivity contribution in [3.63, 3.8) is 0 Å². The molecule has 2 aliphatic rings. The maximum atomic E-state index is 5.72. The van der Waals surface area contributed by atoms with Crippen LogP contribution in [0.2, 0.25) is 0 Å². The van der Waals surface area contributed by atoms with Crippen LogP contribution >= 0.6 is 15.9 Å². The molecule has 1 aromatic carbocycles. The lowest BCUT2D eigenvalue weighted by molar-refractivity contribution is 0.0271. The van der Waals surface area contributed by atoms with E-state index in [9.17, 15) is 0 Å². The molecule has 1 atom stereocenters. The molecule has 1 aromatic rings. The van der Waals surface area contributed by atoms with Gasteiger partial charge < -0.3 is 19.5 Å². The molecule has 0 aromatic heterocycles. The van der Waals surface area contributed by atoms with E-state index in [-0.39, 0.29) is 6.10 Å². The van der Waals surface area contributed by atoms with Crippen LogP contribution in [0, 0.1) is 0 Å². The van der Waals surface area contributed by atoms with Gasteiger partial charge in [0, 0.05) is 18.7 Å². The van der Waals surface area contributed by atoms with Crippen molar-refractivity contribution < 1.29 is 14.2 Å². The first-order valence-corrected chi connectivity index (χ1v) is 6.06. The van der Waals surface area contributed by atoms with E-state index in [1.54, 1.807) is 0 Å². The second kappa shape index (κ2) is 4.24. The highest BCUT2D eigenvalue weighted by atomic mass is 79.9. The molecule has 0 spiro atoms. The average Bonchev–Trinajstić information content (AvgIpc) is 2.80. The van der Waals surface area contributed by atoms with Crippen molar-refractivity contribution >= 4 is 15.9 Å². The van der Waals surface area contributed by atoms with Crippen molar-refractivity contribution in [2.75, 3.05) is 26.5 Å². The summed E-state index contributed by atoms with van der Waals surface area (Å²) in [6.07, 6.45) is 0.0811. The van der Waals surface area contributed by atoms with E-state index in [1.807, 2.05) is 12.1 Å². The number of rotatable bonds is 1. The van der Waals surface area contributed by atoms with E-state index in [0.29, 0.717) is 6.79 Å². The minimum atomic E-state index is 0.0811. The lowest BCUT2D eigenvalue weighted by Gasteiger charge is -2.25. The zero-order valence-electron chi connectivity index (χ0n) is 8.66. The summed E-state index contributed by atoms with van der Waals surface area (Å²) >= 11 is 3.56. The molecule has 0 radical (unpaired) electrons. The Hall–Kier alpha value is -0.780. The molecule has 1 fully saturated rings. The molecular weight excluding hydrogens is 274 g/mol. The Bertz CT molecular complexity index is 404. The van der Waals surface area contributed by atoms with Gasteiger partial charge in [-0.3, -0.25) is 0 Å². The normalized spacial score (nSPS) is 23.4. The molecule has 0 amide bonds. The molecule has 0 aliphatic carbocycles. The van der Waals surface area contributed by atoms with Gasteiger partial charge in [0.25, 0.3) is 0 Å². The van der Waals surface area contributed by atoms with Gasteiger partial charge in [0.1, 0.15) is 0 Å². The first-order chi connectivity index (χ1) is 7.86. The van der Waals surface area contributed by atoms with Gasteiger partial charge in [-0.05, 0) is 22.0 Å². The minimum Gasteiger partial charge on any atom is -0.454 e. The van der Waals surface area contributed by atoms with E-state index in [4.69, 9.17) is 14.2 Å². The van der Waals surface area contributed by atoms with E-state index < -0.39 is 0 Å². The molecule has 16 heavy (non-hydrogen) atoms. The Morgan fingerprint density at radius 2 is 2.25 bits per heavy atom. The van der Waals surface area contributed by atoms with Crippen molar-refractivity contribution in [3.8, 4) is 11.5 Å². The van der Waals surface area contributed by atoms with Crippen LogP contribution in [-0.4, -0.2) is 26.5 Å². The molecule has 4 nitrogen and oxygen atoms in total. The highest BCUT2D eigenvalue weighted by molar-refractivity contribution is 9.10. The van der Waals surface area contributed by atoms with Crippen LogP contribution in [0.15, 0.2) is 16.6 Å². The van der Waals surface area contributed by atoms with E-state index in [0.717, 1.165) is 41.2 Å². The number of benzene rings is 1. The highest BCUT2D eigenvalue weighted by Gasteiger charge is 2.24. The van der Waals surface area contributed by atoms with Crippen molar-refractivity contribution in [1.29, 1.82) is 0 Å². The zero-order chi connectivity index (χ0) is 11.0. The molecule has 1 N–H and O–H groups in total. The summed E-state index contributed by atoms with van der Waals surface area (Å²) in [6, 6.07) is 3.95. The van der Waals surface area contributed by atoms with Crippen molar-refractivity contribution in [2.45, 2.75) is 6.10 Å². The van der Waals surface area contributed by atoms with Crippen LogP contribution in [0.3, 0.4) is 0 Å².